The van der Waals surface area contributed by atoms with E-state index in [1.807, 2.05) is 0 Å². The van der Waals surface area contributed by atoms with Crippen molar-refractivity contribution >= 4 is 59.5 Å². The lowest BCUT2D eigenvalue weighted by Crippen LogP contribution is -2.18. The Morgan fingerprint density at radius 2 is 1.84 bits per heavy atom. The van der Waals surface area contributed by atoms with E-state index in [1.54, 1.807) is 12.3 Å². The maximum Gasteiger partial charge on any atom is 0.350 e. The summed E-state index contributed by atoms with van der Waals surface area (Å²) in [6, 6.07) is 8.69. The molecule has 0 bridgehead atoms. The Bertz CT molecular complexity index is 1260. The first kappa shape index (κ1) is 24.9. The molecule has 1 aromatic heterocycles. The highest BCUT2D eigenvalue weighted by molar-refractivity contribution is 8.07. The number of ether oxygens (including phenoxy) is 1. The van der Waals surface area contributed by atoms with E-state index in [2.05, 4.69) is 10.5 Å². The molecule has 1 heterocycles. The van der Waals surface area contributed by atoms with Crippen LogP contribution in [0.4, 0.5) is 5.69 Å². The van der Waals surface area contributed by atoms with Gasteiger partial charge in [-0.05, 0) is 32.2 Å². The summed E-state index contributed by atoms with van der Waals surface area (Å²) >= 11 is 1.98. The van der Waals surface area contributed by atoms with Crippen molar-refractivity contribution in [2.75, 3.05) is 18.8 Å². The number of rotatable bonds is 7. The molecular weight excluding hydrogens is 482 g/mol. The van der Waals surface area contributed by atoms with Gasteiger partial charge in [-0.15, -0.1) is 23.1 Å². The topological polar surface area (TPSA) is 143 Å². The van der Waals surface area contributed by atoms with Crippen LogP contribution in [0, 0.1) is 11.3 Å². The normalized spacial score (nSPS) is 12.5. The van der Waals surface area contributed by atoms with E-state index in [0.717, 1.165) is 30.2 Å². The van der Waals surface area contributed by atoms with Gasteiger partial charge in [-0.2, -0.15) is 10.4 Å². The van der Waals surface area contributed by atoms with Crippen LogP contribution in [0.2, 0.25) is 0 Å². The molecule has 166 valence electrons. The van der Waals surface area contributed by atoms with Crippen molar-refractivity contribution in [1.29, 1.82) is 5.26 Å². The number of benzene rings is 1. The van der Waals surface area contributed by atoms with Crippen LogP contribution in [-0.4, -0.2) is 46.5 Å². The van der Waals surface area contributed by atoms with E-state index in [1.165, 1.54) is 44.2 Å². The van der Waals surface area contributed by atoms with Crippen molar-refractivity contribution in [3.8, 4) is 6.07 Å². The molecule has 0 atom stereocenters. The predicted molar refractivity (Wildman–Crippen MR) is 120 cm³/mol. The molecule has 2 rings (SSSR count). The summed E-state index contributed by atoms with van der Waals surface area (Å²) in [5, 5.41) is 11.3. The molecule has 13 heteroatoms. The number of nitrogens with one attached hydrogen (secondary N) is 1. The molecule has 0 fully saturated rings. The van der Waals surface area contributed by atoms with Gasteiger partial charge >= 0.3 is 5.97 Å². The first-order chi connectivity index (χ1) is 14.5. The Kier molecular flexibility index (Phi) is 7.87. The number of hydrogen-bond donors (Lipinski definition) is 1. The Balaban J connectivity index is 2.71. The molecular formula is C18H19N3O6S4. The maximum absolute atomic E-state index is 13.0. The quantitative estimate of drug-likeness (QED) is 0.199. The molecule has 0 aliphatic rings. The lowest BCUT2D eigenvalue weighted by molar-refractivity contribution is 0.0607. The smallest absolute Gasteiger partial charge is 0.350 e. The standard InChI is InChI=1S/C18H19N3O6S4/c1-11(2)30(23,24)16-14(15(17(22)27-3)29-18(16)28-4)21-20-13(10-19)31(25,26)12-8-6-5-7-9-12/h5-9,11,21H,1-4H3. The van der Waals surface area contributed by atoms with Crippen LogP contribution in [0.25, 0.3) is 0 Å². The predicted octanol–water partition coefficient (Wildman–Crippen LogP) is 3.16. The fraction of sp³-hybridized carbons (Fsp3) is 0.278. The monoisotopic (exact) mass is 501 g/mol. The van der Waals surface area contributed by atoms with Gasteiger partial charge in [-0.1, -0.05) is 18.2 Å². The third-order valence-electron chi connectivity index (χ3n) is 3.97. The van der Waals surface area contributed by atoms with E-state index in [4.69, 9.17) is 4.74 Å². The lowest BCUT2D eigenvalue weighted by atomic mass is 10.4. The van der Waals surface area contributed by atoms with Gasteiger partial charge in [0.05, 0.1) is 21.5 Å². The number of sulfone groups is 2. The average Bonchev–Trinajstić information content (AvgIpc) is 3.13. The van der Waals surface area contributed by atoms with E-state index < -0.39 is 35.9 Å². The van der Waals surface area contributed by atoms with Crippen LogP contribution < -0.4 is 5.43 Å². The highest BCUT2D eigenvalue weighted by Crippen LogP contribution is 2.43. The van der Waals surface area contributed by atoms with Crippen LogP contribution >= 0.6 is 23.1 Å². The van der Waals surface area contributed by atoms with Crippen LogP contribution in [0.5, 0.6) is 0 Å². The van der Waals surface area contributed by atoms with E-state index in [-0.39, 0.29) is 20.4 Å². The second kappa shape index (κ2) is 9.82. The zero-order valence-electron chi connectivity index (χ0n) is 16.9. The largest absolute Gasteiger partial charge is 0.465 e. The minimum absolute atomic E-state index is 0.107. The second-order valence-electron chi connectivity index (χ2n) is 6.17. The molecule has 1 N–H and O–H groups in total. The number of esters is 1. The number of thioether (sulfide) groups is 1. The minimum atomic E-state index is -4.26. The van der Waals surface area contributed by atoms with Gasteiger partial charge in [0, 0.05) is 0 Å². The summed E-state index contributed by atoms with van der Waals surface area (Å²) in [6.07, 6.45) is 1.64. The Labute approximate surface area is 189 Å². The molecule has 0 saturated heterocycles. The van der Waals surface area contributed by atoms with E-state index in [9.17, 15) is 26.9 Å². The first-order valence-corrected chi connectivity index (χ1v) is 13.7. The average molecular weight is 502 g/mol. The van der Waals surface area contributed by atoms with Crippen LogP contribution in [-0.2, 0) is 24.4 Å². The summed E-state index contributed by atoms with van der Waals surface area (Å²) in [6.45, 7) is 2.95. The summed E-state index contributed by atoms with van der Waals surface area (Å²) in [5.74, 6) is -0.826. The molecule has 1 aromatic carbocycles. The van der Waals surface area contributed by atoms with Crippen molar-refractivity contribution in [1.82, 2.24) is 0 Å². The van der Waals surface area contributed by atoms with Crippen molar-refractivity contribution in [3.63, 3.8) is 0 Å². The van der Waals surface area contributed by atoms with Gasteiger partial charge in [0.25, 0.3) is 5.04 Å². The number of nitrogens with zero attached hydrogens (tertiary/aromatic N) is 2. The number of thiophene rings is 1. The van der Waals surface area contributed by atoms with Crippen molar-refractivity contribution in [2.24, 2.45) is 5.10 Å². The fourth-order valence-electron chi connectivity index (χ4n) is 2.32. The van der Waals surface area contributed by atoms with Gasteiger partial charge in [0.1, 0.15) is 21.5 Å². The van der Waals surface area contributed by atoms with Gasteiger partial charge in [-0.25, -0.2) is 21.6 Å². The molecule has 0 saturated carbocycles. The number of hydrazone groups is 1. The zero-order valence-corrected chi connectivity index (χ0v) is 20.2. The molecule has 31 heavy (non-hydrogen) atoms. The number of nitriles is 1. The molecule has 0 unspecified atom stereocenters. The van der Waals surface area contributed by atoms with E-state index >= 15 is 0 Å². The molecule has 2 aromatic rings. The molecule has 0 radical (unpaired) electrons. The molecule has 0 aliphatic heterocycles. The maximum atomic E-state index is 13.0. The highest BCUT2D eigenvalue weighted by atomic mass is 32.2. The molecule has 0 spiro atoms. The number of hydrogen-bond acceptors (Lipinski definition) is 11. The molecule has 0 amide bonds. The third-order valence-corrected chi connectivity index (χ3v) is 10.3. The SMILES string of the molecule is COC(=O)c1sc(SC)c(S(=O)(=O)C(C)C)c1NN=C(C#N)S(=O)(=O)c1ccccc1. The summed E-state index contributed by atoms with van der Waals surface area (Å²) < 4.78 is 56.4. The van der Waals surface area contributed by atoms with Crippen molar-refractivity contribution in [3.05, 3.63) is 35.2 Å². The summed E-state index contributed by atoms with van der Waals surface area (Å²) in [4.78, 5) is 11.8. The van der Waals surface area contributed by atoms with Crippen molar-refractivity contribution < 1.29 is 26.4 Å². The highest BCUT2D eigenvalue weighted by Gasteiger charge is 2.34. The minimum Gasteiger partial charge on any atom is -0.465 e. The third kappa shape index (κ3) is 4.93. The van der Waals surface area contributed by atoms with Gasteiger partial charge in [-0.3, -0.25) is 5.43 Å². The summed E-state index contributed by atoms with van der Waals surface area (Å²) in [5.41, 5.74) is 2.11. The van der Waals surface area contributed by atoms with Gasteiger partial charge in [0.2, 0.25) is 9.84 Å². The van der Waals surface area contributed by atoms with Crippen LogP contribution in [0.3, 0.4) is 0 Å². The van der Waals surface area contributed by atoms with Gasteiger partial charge in [0.15, 0.2) is 9.84 Å². The number of carbonyl (C=O) groups excluding carboxylic acids is 1. The number of carbonyl (C=O) groups is 1. The first-order valence-electron chi connectivity index (χ1n) is 8.59. The van der Waals surface area contributed by atoms with Crippen LogP contribution in [0.15, 0.2) is 49.4 Å². The molecule has 9 nitrogen and oxygen atoms in total. The van der Waals surface area contributed by atoms with Gasteiger partial charge < -0.3 is 4.74 Å². The van der Waals surface area contributed by atoms with Crippen molar-refractivity contribution in [2.45, 2.75) is 33.1 Å². The van der Waals surface area contributed by atoms with Crippen LogP contribution in [0.1, 0.15) is 23.5 Å². The zero-order chi connectivity index (χ0) is 23.4. The number of anilines is 1. The second-order valence-corrected chi connectivity index (χ2v) is 12.6. The Hall–Kier alpha value is -2.40. The Morgan fingerprint density at radius 1 is 1.23 bits per heavy atom. The van der Waals surface area contributed by atoms with E-state index in [0.29, 0.717) is 4.21 Å². The summed E-state index contributed by atoms with van der Waals surface area (Å²) in [7, 11) is -7.03. The fourth-order valence-corrected chi connectivity index (χ4v) is 7.29. The lowest BCUT2D eigenvalue weighted by Gasteiger charge is -2.11. The molecule has 0 aliphatic carbocycles. The number of methoxy groups -OCH3 is 1. The Morgan fingerprint density at radius 3 is 2.32 bits per heavy atom.